The largest absolute Gasteiger partial charge is 0.461 e. The fourth-order valence-corrected chi connectivity index (χ4v) is 2.48. The van der Waals surface area contributed by atoms with E-state index < -0.39 is 5.97 Å². The van der Waals surface area contributed by atoms with Crippen molar-refractivity contribution in [2.24, 2.45) is 0 Å². The second-order valence-electron chi connectivity index (χ2n) is 5.07. The van der Waals surface area contributed by atoms with Crippen molar-refractivity contribution in [1.29, 1.82) is 0 Å². The number of nitrogens with two attached hydrogens (primary N) is 1. The van der Waals surface area contributed by atoms with Crippen LogP contribution in [-0.2, 0) is 10.2 Å². The zero-order valence-electron chi connectivity index (χ0n) is 11.0. The minimum Gasteiger partial charge on any atom is -0.461 e. The SMILES string of the molecule is CCOC(=O)c1nc(C2(C)CCCCC2)oc1N. The molecule has 1 fully saturated rings. The molecule has 1 aromatic rings. The van der Waals surface area contributed by atoms with Gasteiger partial charge in [0.15, 0.2) is 0 Å². The molecule has 1 aliphatic carbocycles. The molecule has 0 unspecified atom stereocenters. The third kappa shape index (κ3) is 2.35. The van der Waals surface area contributed by atoms with Gasteiger partial charge >= 0.3 is 5.97 Å². The molecule has 1 heterocycles. The van der Waals surface area contributed by atoms with Crippen LogP contribution in [-0.4, -0.2) is 17.6 Å². The molecule has 2 N–H and O–H groups in total. The van der Waals surface area contributed by atoms with Gasteiger partial charge in [-0.2, -0.15) is 0 Å². The third-order valence-electron chi connectivity index (χ3n) is 3.60. The molecule has 1 saturated carbocycles. The molecular formula is C13H20N2O3. The molecule has 0 bridgehead atoms. The first kappa shape index (κ1) is 12.9. The maximum Gasteiger partial charge on any atom is 0.362 e. The van der Waals surface area contributed by atoms with E-state index in [0.29, 0.717) is 12.5 Å². The first-order valence-electron chi connectivity index (χ1n) is 6.51. The number of anilines is 1. The summed E-state index contributed by atoms with van der Waals surface area (Å²) in [6.45, 7) is 4.17. The molecule has 5 heteroatoms. The monoisotopic (exact) mass is 252 g/mol. The van der Waals surface area contributed by atoms with Crippen LogP contribution in [0.4, 0.5) is 5.88 Å². The number of hydrogen-bond acceptors (Lipinski definition) is 5. The van der Waals surface area contributed by atoms with Gasteiger partial charge in [0, 0.05) is 5.41 Å². The van der Waals surface area contributed by atoms with Crippen molar-refractivity contribution in [2.75, 3.05) is 12.3 Å². The van der Waals surface area contributed by atoms with E-state index >= 15 is 0 Å². The average Bonchev–Trinajstić information content (AvgIpc) is 2.73. The van der Waals surface area contributed by atoms with Crippen LogP contribution >= 0.6 is 0 Å². The first-order chi connectivity index (χ1) is 8.57. The molecule has 5 nitrogen and oxygen atoms in total. The van der Waals surface area contributed by atoms with Crippen molar-refractivity contribution in [2.45, 2.75) is 51.4 Å². The van der Waals surface area contributed by atoms with E-state index in [1.807, 2.05) is 0 Å². The van der Waals surface area contributed by atoms with Crippen molar-refractivity contribution < 1.29 is 13.9 Å². The van der Waals surface area contributed by atoms with Gasteiger partial charge in [0.05, 0.1) is 6.61 Å². The maximum absolute atomic E-state index is 11.6. The van der Waals surface area contributed by atoms with Crippen LogP contribution in [0.25, 0.3) is 0 Å². The lowest BCUT2D eigenvalue weighted by atomic mass is 9.76. The zero-order chi connectivity index (χ0) is 13.2. The summed E-state index contributed by atoms with van der Waals surface area (Å²) < 4.78 is 10.4. The second-order valence-corrected chi connectivity index (χ2v) is 5.07. The molecule has 18 heavy (non-hydrogen) atoms. The zero-order valence-corrected chi connectivity index (χ0v) is 11.0. The number of nitrogen functional groups attached to an aromatic ring is 1. The number of esters is 1. The van der Waals surface area contributed by atoms with Crippen molar-refractivity contribution in [1.82, 2.24) is 4.98 Å². The van der Waals surface area contributed by atoms with Gasteiger partial charge in [0.2, 0.25) is 17.5 Å². The van der Waals surface area contributed by atoms with E-state index in [0.717, 1.165) is 25.7 Å². The van der Waals surface area contributed by atoms with Gasteiger partial charge in [0.1, 0.15) is 0 Å². The molecule has 0 aromatic carbocycles. The summed E-state index contributed by atoms with van der Waals surface area (Å²) in [5.74, 6) is 0.127. The Kier molecular flexibility index (Phi) is 3.59. The number of carbonyl (C=O) groups excluding carboxylic acids is 1. The smallest absolute Gasteiger partial charge is 0.362 e. The van der Waals surface area contributed by atoms with Crippen LogP contribution in [0, 0.1) is 0 Å². The normalized spacial score (nSPS) is 18.6. The van der Waals surface area contributed by atoms with Crippen molar-refractivity contribution in [3.05, 3.63) is 11.6 Å². The van der Waals surface area contributed by atoms with Gasteiger partial charge in [-0.15, -0.1) is 0 Å². The van der Waals surface area contributed by atoms with Gasteiger partial charge in [0.25, 0.3) is 0 Å². The Labute approximate surface area is 107 Å². The number of aromatic nitrogens is 1. The molecule has 1 aromatic heterocycles. The average molecular weight is 252 g/mol. The standard InChI is InChI=1S/C13H20N2O3/c1-3-17-11(16)9-10(14)18-12(15-9)13(2)7-5-4-6-8-13/h3-8,14H2,1-2H3. The van der Waals surface area contributed by atoms with Crippen LogP contribution in [0.3, 0.4) is 0 Å². The van der Waals surface area contributed by atoms with Gasteiger partial charge < -0.3 is 14.9 Å². The lowest BCUT2D eigenvalue weighted by molar-refractivity contribution is 0.0521. The van der Waals surface area contributed by atoms with Crippen molar-refractivity contribution in [3.63, 3.8) is 0 Å². The van der Waals surface area contributed by atoms with Gasteiger partial charge in [-0.05, 0) is 19.8 Å². The van der Waals surface area contributed by atoms with Crippen LogP contribution in [0.1, 0.15) is 62.3 Å². The fraction of sp³-hybridized carbons (Fsp3) is 0.692. The highest BCUT2D eigenvalue weighted by atomic mass is 16.5. The Hall–Kier alpha value is -1.52. The second kappa shape index (κ2) is 5.00. The highest BCUT2D eigenvalue weighted by molar-refractivity contribution is 5.91. The summed E-state index contributed by atoms with van der Waals surface area (Å²) in [4.78, 5) is 15.9. The number of hydrogen-bond donors (Lipinski definition) is 1. The molecule has 0 spiro atoms. The summed E-state index contributed by atoms with van der Waals surface area (Å²) in [5.41, 5.74) is 5.72. The van der Waals surface area contributed by atoms with E-state index in [1.54, 1.807) is 6.92 Å². The van der Waals surface area contributed by atoms with Crippen LogP contribution in [0.2, 0.25) is 0 Å². The minimum atomic E-state index is -0.510. The summed E-state index contributed by atoms with van der Waals surface area (Å²) >= 11 is 0. The Morgan fingerprint density at radius 2 is 2.11 bits per heavy atom. The van der Waals surface area contributed by atoms with Crippen LogP contribution in [0.5, 0.6) is 0 Å². The molecule has 0 amide bonds. The van der Waals surface area contributed by atoms with Gasteiger partial charge in [-0.25, -0.2) is 9.78 Å². The van der Waals surface area contributed by atoms with E-state index in [1.165, 1.54) is 6.42 Å². The quantitative estimate of drug-likeness (QED) is 0.837. The van der Waals surface area contributed by atoms with E-state index in [9.17, 15) is 4.79 Å². The Bertz CT molecular complexity index is 433. The fourth-order valence-electron chi connectivity index (χ4n) is 2.48. The lowest BCUT2D eigenvalue weighted by Gasteiger charge is -2.30. The summed E-state index contributed by atoms with van der Waals surface area (Å²) in [6.07, 6.45) is 5.61. The summed E-state index contributed by atoms with van der Waals surface area (Å²) in [6, 6.07) is 0. The number of rotatable bonds is 3. The Morgan fingerprint density at radius 3 is 2.72 bits per heavy atom. The Morgan fingerprint density at radius 1 is 1.44 bits per heavy atom. The molecular weight excluding hydrogens is 232 g/mol. The number of nitrogens with zero attached hydrogens (tertiary/aromatic N) is 1. The van der Waals surface area contributed by atoms with Crippen LogP contribution in [0.15, 0.2) is 4.42 Å². The van der Waals surface area contributed by atoms with Crippen molar-refractivity contribution in [3.8, 4) is 0 Å². The van der Waals surface area contributed by atoms with E-state index in [2.05, 4.69) is 11.9 Å². The van der Waals surface area contributed by atoms with Gasteiger partial charge in [-0.1, -0.05) is 26.2 Å². The highest BCUT2D eigenvalue weighted by Crippen LogP contribution is 2.39. The molecule has 0 radical (unpaired) electrons. The maximum atomic E-state index is 11.6. The highest BCUT2D eigenvalue weighted by Gasteiger charge is 2.35. The van der Waals surface area contributed by atoms with Crippen molar-refractivity contribution >= 4 is 11.9 Å². The predicted octanol–water partition coefficient (Wildman–Crippen LogP) is 2.66. The van der Waals surface area contributed by atoms with E-state index in [-0.39, 0.29) is 17.0 Å². The van der Waals surface area contributed by atoms with E-state index in [4.69, 9.17) is 14.9 Å². The predicted molar refractivity (Wildman–Crippen MR) is 67.3 cm³/mol. The first-order valence-corrected chi connectivity index (χ1v) is 6.51. The molecule has 2 rings (SSSR count). The number of carbonyl (C=O) groups is 1. The molecule has 0 atom stereocenters. The number of oxazole rings is 1. The summed E-state index contributed by atoms with van der Waals surface area (Å²) in [7, 11) is 0. The van der Waals surface area contributed by atoms with Crippen LogP contribution < -0.4 is 5.73 Å². The number of ether oxygens (including phenoxy) is 1. The minimum absolute atomic E-state index is 0.0650. The molecule has 1 aliphatic rings. The Balaban J connectivity index is 2.25. The molecule has 100 valence electrons. The summed E-state index contributed by atoms with van der Waals surface area (Å²) in [5, 5.41) is 0. The topological polar surface area (TPSA) is 78.3 Å². The van der Waals surface area contributed by atoms with Gasteiger partial charge in [-0.3, -0.25) is 0 Å². The third-order valence-corrected chi connectivity index (χ3v) is 3.60. The lowest BCUT2D eigenvalue weighted by Crippen LogP contribution is -2.25. The molecule has 0 saturated heterocycles. The molecule has 0 aliphatic heterocycles.